The Balaban J connectivity index is 1.62. The van der Waals surface area contributed by atoms with Gasteiger partial charge in [0.25, 0.3) is 5.91 Å². The number of hydrogen-bond acceptors (Lipinski definition) is 5. The summed E-state index contributed by atoms with van der Waals surface area (Å²) in [4.78, 5) is 26.8. The maximum absolute atomic E-state index is 13.0. The summed E-state index contributed by atoms with van der Waals surface area (Å²) >= 11 is 0. The summed E-state index contributed by atoms with van der Waals surface area (Å²) < 4.78 is 0. The predicted molar refractivity (Wildman–Crippen MR) is 120 cm³/mol. The maximum Gasteiger partial charge on any atom is 0.256 e. The van der Waals surface area contributed by atoms with Crippen molar-refractivity contribution in [3.63, 3.8) is 0 Å². The Morgan fingerprint density at radius 3 is 2.40 bits per heavy atom. The molecule has 154 valence electrons. The van der Waals surface area contributed by atoms with Gasteiger partial charge in [0.15, 0.2) is 5.82 Å². The normalized spacial score (nSPS) is 14.5. The van der Waals surface area contributed by atoms with Crippen molar-refractivity contribution in [3.8, 4) is 11.4 Å². The quantitative estimate of drug-likeness (QED) is 0.712. The summed E-state index contributed by atoms with van der Waals surface area (Å²) in [6.45, 7) is 6.07. The van der Waals surface area contributed by atoms with Gasteiger partial charge in [-0.15, -0.1) is 0 Å². The van der Waals surface area contributed by atoms with Crippen LogP contribution >= 0.6 is 0 Å². The van der Waals surface area contributed by atoms with Crippen molar-refractivity contribution in [2.45, 2.75) is 13.5 Å². The van der Waals surface area contributed by atoms with Crippen LogP contribution in [0, 0.1) is 6.92 Å². The van der Waals surface area contributed by atoms with Gasteiger partial charge < -0.3 is 15.1 Å². The highest BCUT2D eigenvalue weighted by molar-refractivity contribution is 5.98. The Morgan fingerprint density at radius 2 is 1.70 bits per heavy atom. The molecule has 0 saturated carbocycles. The average molecular weight is 402 g/mol. The summed E-state index contributed by atoms with van der Waals surface area (Å²) in [7, 11) is 2.11. The van der Waals surface area contributed by atoms with Crippen LogP contribution in [0.25, 0.3) is 11.4 Å². The van der Waals surface area contributed by atoms with Crippen LogP contribution in [0.1, 0.15) is 21.5 Å². The van der Waals surface area contributed by atoms with Gasteiger partial charge in [0.05, 0.1) is 0 Å². The first-order valence-corrected chi connectivity index (χ1v) is 10.3. The third kappa shape index (κ3) is 4.66. The molecule has 4 rings (SSSR count). The van der Waals surface area contributed by atoms with Crippen LogP contribution in [0.3, 0.4) is 0 Å². The number of benzene rings is 2. The molecule has 1 N–H and O–H groups in total. The number of likely N-dealkylation sites (N-methyl/N-ethyl adjacent to an activating group) is 1. The van der Waals surface area contributed by atoms with E-state index in [4.69, 9.17) is 4.98 Å². The first-order chi connectivity index (χ1) is 14.6. The van der Waals surface area contributed by atoms with E-state index >= 15 is 0 Å². The smallest absolute Gasteiger partial charge is 0.256 e. The van der Waals surface area contributed by atoms with Crippen LogP contribution in [0.15, 0.2) is 60.8 Å². The van der Waals surface area contributed by atoms with E-state index < -0.39 is 0 Å². The fourth-order valence-electron chi connectivity index (χ4n) is 3.51. The zero-order valence-corrected chi connectivity index (χ0v) is 17.5. The maximum atomic E-state index is 13.0. The van der Waals surface area contributed by atoms with Crippen molar-refractivity contribution in [3.05, 3.63) is 77.5 Å². The standard InChI is InChI=1S/C24H27N5O/c1-18-8-10-20(11-9-18)22-25-17-21(23(27-22)29-14-12-28(2)13-15-29)24(30)26-16-19-6-4-3-5-7-19/h3-11,17H,12-16H2,1-2H3,(H,26,30). The number of carbonyl (C=O) groups excluding carboxylic acids is 1. The Morgan fingerprint density at radius 1 is 1.00 bits per heavy atom. The van der Waals surface area contributed by atoms with Crippen molar-refractivity contribution in [2.75, 3.05) is 38.1 Å². The van der Waals surface area contributed by atoms with E-state index in [0.717, 1.165) is 37.3 Å². The second-order valence-electron chi connectivity index (χ2n) is 7.76. The molecule has 0 atom stereocenters. The Kier molecular flexibility index (Phi) is 6.05. The molecule has 6 heteroatoms. The average Bonchev–Trinajstić information content (AvgIpc) is 2.79. The molecule has 3 aromatic rings. The first kappa shape index (κ1) is 20.0. The van der Waals surface area contributed by atoms with Gasteiger partial charge in [-0.2, -0.15) is 0 Å². The number of carbonyl (C=O) groups is 1. The molecule has 1 aliphatic rings. The van der Waals surface area contributed by atoms with Crippen molar-refractivity contribution < 1.29 is 4.79 Å². The van der Waals surface area contributed by atoms with Crippen LogP contribution < -0.4 is 10.2 Å². The summed E-state index contributed by atoms with van der Waals surface area (Å²) in [5.41, 5.74) is 3.72. The van der Waals surface area contributed by atoms with Crippen molar-refractivity contribution >= 4 is 11.7 Å². The third-order valence-corrected chi connectivity index (χ3v) is 5.42. The lowest BCUT2D eigenvalue weighted by atomic mass is 10.1. The number of nitrogens with zero attached hydrogens (tertiary/aromatic N) is 4. The van der Waals surface area contributed by atoms with Crippen LogP contribution in [-0.2, 0) is 6.54 Å². The molecule has 2 aromatic carbocycles. The van der Waals surface area contributed by atoms with E-state index in [1.807, 2.05) is 42.5 Å². The highest BCUT2D eigenvalue weighted by atomic mass is 16.1. The largest absolute Gasteiger partial charge is 0.353 e. The van der Waals surface area contributed by atoms with E-state index in [2.05, 4.69) is 46.2 Å². The van der Waals surface area contributed by atoms with E-state index in [-0.39, 0.29) is 5.91 Å². The zero-order chi connectivity index (χ0) is 20.9. The molecule has 0 bridgehead atoms. The summed E-state index contributed by atoms with van der Waals surface area (Å²) in [6, 6.07) is 18.0. The van der Waals surface area contributed by atoms with E-state index in [0.29, 0.717) is 23.8 Å². The number of nitrogens with one attached hydrogen (secondary N) is 1. The minimum absolute atomic E-state index is 0.150. The summed E-state index contributed by atoms with van der Waals surface area (Å²) in [5, 5.41) is 3.01. The first-order valence-electron chi connectivity index (χ1n) is 10.3. The van der Waals surface area contributed by atoms with E-state index in [1.165, 1.54) is 5.56 Å². The predicted octanol–water partition coefficient (Wildman–Crippen LogP) is 3.13. The van der Waals surface area contributed by atoms with Gasteiger partial charge in [-0.25, -0.2) is 9.97 Å². The van der Waals surface area contributed by atoms with E-state index in [9.17, 15) is 4.79 Å². The van der Waals surface area contributed by atoms with Crippen molar-refractivity contribution in [2.24, 2.45) is 0 Å². The number of amides is 1. The molecule has 2 heterocycles. The van der Waals surface area contributed by atoms with Gasteiger partial charge in [-0.3, -0.25) is 4.79 Å². The second-order valence-corrected chi connectivity index (χ2v) is 7.76. The van der Waals surface area contributed by atoms with Crippen LogP contribution in [0.2, 0.25) is 0 Å². The highest BCUT2D eigenvalue weighted by Gasteiger charge is 2.23. The lowest BCUT2D eigenvalue weighted by Crippen LogP contribution is -2.45. The highest BCUT2D eigenvalue weighted by Crippen LogP contribution is 2.24. The molecule has 0 aliphatic carbocycles. The Hall–Kier alpha value is -3.25. The van der Waals surface area contributed by atoms with Crippen LogP contribution in [0.5, 0.6) is 0 Å². The fraction of sp³-hybridized carbons (Fsp3) is 0.292. The molecule has 0 radical (unpaired) electrons. The molecule has 0 spiro atoms. The number of anilines is 1. The third-order valence-electron chi connectivity index (χ3n) is 5.42. The Bertz CT molecular complexity index is 996. The number of piperazine rings is 1. The van der Waals surface area contributed by atoms with Gasteiger partial charge >= 0.3 is 0 Å². The van der Waals surface area contributed by atoms with Crippen LogP contribution in [-0.4, -0.2) is 54.0 Å². The molecule has 1 fully saturated rings. The van der Waals surface area contributed by atoms with Crippen LogP contribution in [0.4, 0.5) is 5.82 Å². The lowest BCUT2D eigenvalue weighted by molar-refractivity contribution is 0.0950. The minimum Gasteiger partial charge on any atom is -0.353 e. The lowest BCUT2D eigenvalue weighted by Gasteiger charge is -2.34. The summed E-state index contributed by atoms with van der Waals surface area (Å²) in [5.74, 6) is 1.20. The fourth-order valence-corrected chi connectivity index (χ4v) is 3.51. The second kappa shape index (κ2) is 9.05. The van der Waals surface area contributed by atoms with Gasteiger partial charge in [-0.1, -0.05) is 60.2 Å². The molecule has 0 unspecified atom stereocenters. The monoisotopic (exact) mass is 401 g/mol. The SMILES string of the molecule is Cc1ccc(-c2ncc(C(=O)NCc3ccccc3)c(N3CCN(C)CC3)n2)cc1. The number of aromatic nitrogens is 2. The molecule has 30 heavy (non-hydrogen) atoms. The molecule has 1 amide bonds. The Labute approximate surface area is 177 Å². The molecular weight excluding hydrogens is 374 g/mol. The number of aryl methyl sites for hydroxylation is 1. The van der Waals surface area contributed by atoms with Gasteiger partial charge in [0.1, 0.15) is 11.4 Å². The van der Waals surface area contributed by atoms with Gasteiger partial charge in [-0.05, 0) is 19.5 Å². The summed E-state index contributed by atoms with van der Waals surface area (Å²) in [6.07, 6.45) is 1.66. The molecule has 1 aliphatic heterocycles. The van der Waals surface area contributed by atoms with Crippen molar-refractivity contribution in [1.82, 2.24) is 20.2 Å². The van der Waals surface area contributed by atoms with Gasteiger partial charge in [0.2, 0.25) is 0 Å². The van der Waals surface area contributed by atoms with E-state index in [1.54, 1.807) is 6.20 Å². The molecule has 1 saturated heterocycles. The topological polar surface area (TPSA) is 61.4 Å². The zero-order valence-electron chi connectivity index (χ0n) is 17.5. The molecule has 6 nitrogen and oxygen atoms in total. The number of hydrogen-bond donors (Lipinski definition) is 1. The van der Waals surface area contributed by atoms with Crippen molar-refractivity contribution in [1.29, 1.82) is 0 Å². The minimum atomic E-state index is -0.150. The molecular formula is C24H27N5O. The molecule has 1 aromatic heterocycles. The van der Waals surface area contributed by atoms with Gasteiger partial charge in [0, 0.05) is 44.5 Å². The number of rotatable bonds is 5.